The van der Waals surface area contributed by atoms with E-state index in [1.807, 2.05) is 13.8 Å². The van der Waals surface area contributed by atoms with Crippen LogP contribution in [0.3, 0.4) is 0 Å². The van der Waals surface area contributed by atoms with Crippen molar-refractivity contribution in [3.05, 3.63) is 157 Å². The van der Waals surface area contributed by atoms with Gasteiger partial charge in [-0.15, -0.1) is 0 Å². The zero-order valence-corrected chi connectivity index (χ0v) is 32.4. The molecule has 0 amide bonds. The van der Waals surface area contributed by atoms with Crippen LogP contribution < -0.4 is 0 Å². The maximum Gasteiger partial charge on any atom is 0.214 e. The maximum atomic E-state index is 4.79. The van der Waals surface area contributed by atoms with Crippen LogP contribution >= 0.6 is 45.3 Å². The van der Waals surface area contributed by atoms with Gasteiger partial charge in [-0.25, -0.2) is 19.9 Å². The van der Waals surface area contributed by atoms with Crippen LogP contribution in [0.15, 0.2) is 146 Å². The molecule has 54 heavy (non-hydrogen) atoms. The largest absolute Gasteiger partial charge is 0.214 e. The second-order valence-electron chi connectivity index (χ2n) is 12.6. The lowest BCUT2D eigenvalue weighted by atomic mass is 10.1. The molecule has 0 saturated heterocycles. The van der Waals surface area contributed by atoms with Crippen LogP contribution in [0.1, 0.15) is 11.6 Å². The van der Waals surface area contributed by atoms with E-state index in [4.69, 9.17) is 9.97 Å². The van der Waals surface area contributed by atoms with Gasteiger partial charge in [0.2, 0.25) is 19.8 Å². The van der Waals surface area contributed by atoms with E-state index in [9.17, 15) is 0 Å². The normalized spacial score (nSPS) is 11.1. The Morgan fingerprint density at radius 2 is 0.407 bits per heavy atom. The van der Waals surface area contributed by atoms with E-state index in [2.05, 4.69) is 166 Å². The third kappa shape index (κ3) is 7.78. The van der Waals surface area contributed by atoms with Crippen molar-refractivity contribution in [1.82, 2.24) is 29.9 Å². The Hall–Kier alpha value is -5.78. The Morgan fingerprint density at radius 3 is 0.593 bits per heavy atom. The number of aryl methyl sites for hydroxylation is 2. The van der Waals surface area contributed by atoms with Crippen LogP contribution in [0.4, 0.5) is 0 Å². The molecule has 0 N–H and O–H groups in total. The summed E-state index contributed by atoms with van der Waals surface area (Å²) in [6.07, 6.45) is 0. The fourth-order valence-electron chi connectivity index (χ4n) is 6.04. The van der Waals surface area contributed by atoms with Crippen LogP contribution in [0.5, 0.6) is 0 Å². The molecule has 0 aliphatic rings. The fourth-order valence-corrected chi connectivity index (χ4v) is 9.33. The summed E-state index contributed by atoms with van der Waals surface area (Å²) in [6.45, 7) is 3.83. The second kappa shape index (κ2) is 14.9. The molecule has 18 aromatic rings. The highest BCUT2D eigenvalue weighted by atomic mass is 32.1. The van der Waals surface area contributed by atoms with Gasteiger partial charge >= 0.3 is 0 Å². The number of aromatic nitrogens is 6. The van der Waals surface area contributed by atoms with E-state index in [0.717, 1.165) is 61.9 Å². The van der Waals surface area contributed by atoms with Crippen molar-refractivity contribution in [3.63, 3.8) is 0 Å². The van der Waals surface area contributed by atoms with E-state index in [1.165, 1.54) is 0 Å². The predicted octanol–water partition coefficient (Wildman–Crippen LogP) is 13.2. The Kier molecular flexibility index (Phi) is 9.40. The molecule has 10 heteroatoms. The highest BCUT2D eigenvalue weighted by Crippen LogP contribution is 2.24. The molecular weight excluding hydrogens is 741 g/mol. The molecule has 16 bridgehead atoms. The number of nitrogens with zero attached hydrogens (tertiary/aromatic N) is 6. The highest BCUT2D eigenvalue weighted by molar-refractivity contribution is 7.24. The number of hydrogen-bond donors (Lipinski definition) is 0. The first kappa shape index (κ1) is 34.0. The monoisotopic (exact) mass is 770 g/mol. The summed E-state index contributed by atoms with van der Waals surface area (Å²) < 4.78 is 4.28. The van der Waals surface area contributed by atoms with Gasteiger partial charge in [0.05, 0.1) is 0 Å². The Balaban J connectivity index is 1.21. The predicted molar refractivity (Wildman–Crippen MR) is 234 cm³/mol. The van der Waals surface area contributed by atoms with Crippen molar-refractivity contribution in [2.45, 2.75) is 13.8 Å². The Morgan fingerprint density at radius 1 is 0.241 bits per heavy atom. The van der Waals surface area contributed by atoms with Crippen molar-refractivity contribution in [1.29, 1.82) is 0 Å². The second-order valence-corrected chi connectivity index (χ2v) is 16.7. The van der Waals surface area contributed by atoms with E-state index in [0.29, 0.717) is 31.5 Å². The Labute approximate surface area is 326 Å². The number of hydrogen-bond acceptors (Lipinski definition) is 10. The average Bonchev–Trinajstić information content (AvgIpc) is 3.19. The standard InChI is InChI=1S/C44H30N6S4/c1-27-45-41-49-42(46-27)52-38-21-13-34(14-22-38)30-5-9-32(10-6-30)36-17-25-40(26-18-36)54-44-48-28(2)47-43(50-44)53-39-23-15-35(16-24-39)31-7-3-29(4-8-31)33-11-19-37(51-41)20-12-33/h3-26H,1-2H3. The van der Waals surface area contributed by atoms with E-state index in [-0.39, 0.29) is 0 Å². The van der Waals surface area contributed by atoms with Gasteiger partial charge in [0.1, 0.15) is 11.6 Å². The van der Waals surface area contributed by atoms with Gasteiger partial charge in [-0.05, 0) is 105 Å². The maximum absolute atomic E-state index is 4.79. The zero-order valence-electron chi connectivity index (χ0n) is 29.2. The minimum absolute atomic E-state index is 0.682. The van der Waals surface area contributed by atoms with Crippen molar-refractivity contribution in [3.8, 4) is 0 Å². The molecule has 0 spiro atoms. The third-order valence-corrected chi connectivity index (χ3v) is 12.3. The van der Waals surface area contributed by atoms with Crippen LogP contribution in [-0.2, 0) is 0 Å². The van der Waals surface area contributed by atoms with E-state index in [1.54, 1.807) is 45.3 Å². The minimum atomic E-state index is 0.682. The lowest BCUT2D eigenvalue weighted by molar-refractivity contribution is 1.08. The van der Waals surface area contributed by atoms with Crippen molar-refractivity contribution < 1.29 is 0 Å². The molecule has 12 heterocycles. The van der Waals surface area contributed by atoms with Crippen LogP contribution in [0.2, 0.25) is 0 Å². The summed E-state index contributed by atoms with van der Waals surface area (Å²) >= 11 is 6.18. The van der Waals surface area contributed by atoms with Gasteiger partial charge in [0, 0.05) is 18.8 Å². The molecule has 6 nitrogen and oxygen atoms in total. The molecule has 0 radical (unpaired) electrons. The molecular formula is C44H30N6S4. The lowest BCUT2D eigenvalue weighted by Gasteiger charge is -1.98. The van der Waals surface area contributed by atoms with Crippen molar-refractivity contribution in [2.24, 2.45) is 0 Å². The van der Waals surface area contributed by atoms with Crippen molar-refractivity contribution in [2.75, 3.05) is 0 Å². The first-order chi connectivity index (χ1) is 26.5. The summed E-state index contributed by atoms with van der Waals surface area (Å²) in [5.74, 6) is 1.40. The summed E-state index contributed by atoms with van der Waals surface area (Å²) in [6, 6.07) is 51.6. The minimum Gasteiger partial charge on any atom is -0.204 e. The quantitative estimate of drug-likeness (QED) is 0.153. The molecule has 0 aliphatic carbocycles. The summed E-state index contributed by atoms with van der Waals surface area (Å²) in [4.78, 5) is 30.8. The summed E-state index contributed by atoms with van der Waals surface area (Å²) in [5, 5.41) is 9.25. The molecule has 0 aliphatic heterocycles. The van der Waals surface area contributed by atoms with E-state index < -0.39 is 0 Å². The smallest absolute Gasteiger partial charge is 0.204 e. The van der Waals surface area contributed by atoms with Gasteiger partial charge in [0.25, 0.3) is 0 Å². The topological polar surface area (TPSA) is 77.3 Å². The average molecular weight is 771 g/mol. The van der Waals surface area contributed by atoms with Gasteiger partial charge in [-0.3, -0.25) is 0 Å². The van der Waals surface area contributed by atoms with Gasteiger partial charge in [-0.2, -0.15) is 9.97 Å². The van der Waals surface area contributed by atoms with Crippen LogP contribution in [0, 0.1) is 13.8 Å². The third-order valence-electron chi connectivity index (χ3n) is 8.77. The molecule has 0 atom stereocenters. The Bertz CT molecular complexity index is 2690. The summed E-state index contributed by atoms with van der Waals surface area (Å²) in [7, 11) is 0. The lowest BCUT2D eigenvalue weighted by Crippen LogP contribution is -1.88. The van der Waals surface area contributed by atoms with Gasteiger partial charge in [0.15, 0.2) is 0 Å². The highest BCUT2D eigenvalue weighted by Gasteiger charge is 2.00. The van der Waals surface area contributed by atoms with Crippen LogP contribution in [-0.4, -0.2) is 29.9 Å². The van der Waals surface area contributed by atoms with Gasteiger partial charge in [-0.1, -0.05) is 142 Å². The number of rotatable bonds is 0. The van der Waals surface area contributed by atoms with Crippen molar-refractivity contribution >= 4 is 127 Å². The molecule has 6 aromatic carbocycles. The number of benzene rings is 6. The molecule has 0 saturated carbocycles. The molecule has 0 fully saturated rings. The fraction of sp³-hybridized carbons (Fsp3) is 0.0455. The molecule has 12 aromatic heterocycles. The summed E-state index contributed by atoms with van der Waals surface area (Å²) in [5.41, 5.74) is 0. The molecule has 260 valence electrons. The van der Waals surface area contributed by atoms with Crippen LogP contribution in [0.25, 0.3) is 81.7 Å². The first-order valence-corrected chi connectivity index (χ1v) is 20.5. The zero-order chi connectivity index (χ0) is 36.4. The SMILES string of the molecule is Cc1nc2nc(n1)sc1ccc(cc1)c1ccc(cc1)c1ccc(cc1)sc1nc(C)nc(n1)sc1ccc(cc1)c1ccc(cc1)c1ccc(cc1)s2. The molecule has 18 rings (SSSR count). The first-order valence-electron chi connectivity index (χ1n) is 17.2. The van der Waals surface area contributed by atoms with Gasteiger partial charge < -0.3 is 0 Å². The van der Waals surface area contributed by atoms with E-state index >= 15 is 0 Å². The molecule has 0 unspecified atom stereocenters.